The minimum Gasteiger partial charge on any atom is -0.481 e. The predicted octanol–water partition coefficient (Wildman–Crippen LogP) is 2.81. The van der Waals surface area contributed by atoms with Crippen molar-refractivity contribution in [3.8, 4) is 0 Å². The van der Waals surface area contributed by atoms with Crippen molar-refractivity contribution in [3.05, 3.63) is 16.1 Å². The number of thiazole rings is 1. The highest BCUT2D eigenvalue weighted by molar-refractivity contribution is 7.09. The van der Waals surface area contributed by atoms with Crippen molar-refractivity contribution >= 4 is 17.3 Å². The average Bonchev–Trinajstić information content (AvgIpc) is 2.65. The van der Waals surface area contributed by atoms with Gasteiger partial charge < -0.3 is 5.11 Å². The van der Waals surface area contributed by atoms with Gasteiger partial charge in [-0.1, -0.05) is 0 Å². The molecule has 1 aliphatic carbocycles. The van der Waals surface area contributed by atoms with E-state index in [0.717, 1.165) is 30.7 Å². The van der Waals surface area contributed by atoms with Gasteiger partial charge in [0.25, 0.3) is 0 Å². The van der Waals surface area contributed by atoms with Crippen LogP contribution in [0, 0.1) is 12.8 Å². The number of hydrogen-bond acceptors (Lipinski definition) is 3. The van der Waals surface area contributed by atoms with Crippen molar-refractivity contribution in [3.63, 3.8) is 0 Å². The molecule has 15 heavy (non-hydrogen) atoms. The Morgan fingerprint density at radius 1 is 1.47 bits per heavy atom. The number of aryl methyl sites for hydroxylation is 1. The standard InChI is InChI=1S/C11H15NO2S/c1-7-12-10(6-15-7)8-2-4-9(5-3-8)11(13)14/h6,8-9H,2-5H2,1H3,(H,13,14). The molecule has 0 bridgehead atoms. The Labute approximate surface area is 93.2 Å². The van der Waals surface area contributed by atoms with Crippen molar-refractivity contribution < 1.29 is 9.90 Å². The number of carboxylic acids is 1. The predicted molar refractivity (Wildman–Crippen MR) is 59.2 cm³/mol. The summed E-state index contributed by atoms with van der Waals surface area (Å²) in [6.07, 6.45) is 3.55. The summed E-state index contributed by atoms with van der Waals surface area (Å²) in [5.74, 6) is -0.269. The van der Waals surface area contributed by atoms with Crippen LogP contribution in [0.15, 0.2) is 5.38 Å². The quantitative estimate of drug-likeness (QED) is 0.842. The Morgan fingerprint density at radius 2 is 2.13 bits per heavy atom. The number of rotatable bonds is 2. The van der Waals surface area contributed by atoms with Crippen LogP contribution in [0.25, 0.3) is 0 Å². The van der Waals surface area contributed by atoms with Crippen molar-refractivity contribution in [2.75, 3.05) is 0 Å². The molecular formula is C11H15NO2S. The Morgan fingerprint density at radius 3 is 2.60 bits per heavy atom. The first-order valence-corrected chi connectivity index (χ1v) is 6.19. The topological polar surface area (TPSA) is 50.2 Å². The number of aliphatic carboxylic acids is 1. The van der Waals surface area contributed by atoms with Gasteiger partial charge in [0.05, 0.1) is 16.6 Å². The second kappa shape index (κ2) is 4.31. The second-order valence-electron chi connectivity index (χ2n) is 4.18. The smallest absolute Gasteiger partial charge is 0.306 e. The van der Waals surface area contributed by atoms with E-state index in [1.165, 1.54) is 5.69 Å². The summed E-state index contributed by atoms with van der Waals surface area (Å²) < 4.78 is 0. The van der Waals surface area contributed by atoms with Gasteiger partial charge in [0.2, 0.25) is 0 Å². The molecule has 1 saturated carbocycles. The fraction of sp³-hybridized carbons (Fsp3) is 0.636. The van der Waals surface area contributed by atoms with Crippen LogP contribution in [0.5, 0.6) is 0 Å². The maximum atomic E-state index is 10.8. The first-order chi connectivity index (χ1) is 7.16. The van der Waals surface area contributed by atoms with Gasteiger partial charge in [-0.2, -0.15) is 0 Å². The van der Waals surface area contributed by atoms with Crippen LogP contribution in [0.4, 0.5) is 0 Å². The first kappa shape index (κ1) is 10.6. The monoisotopic (exact) mass is 225 g/mol. The number of carboxylic acid groups (broad SMARTS) is 1. The molecule has 0 aliphatic heterocycles. The fourth-order valence-electron chi connectivity index (χ4n) is 2.20. The van der Waals surface area contributed by atoms with Crippen LogP contribution in [0.2, 0.25) is 0 Å². The van der Waals surface area contributed by atoms with Crippen molar-refractivity contribution in [2.45, 2.75) is 38.5 Å². The second-order valence-corrected chi connectivity index (χ2v) is 5.24. The van der Waals surface area contributed by atoms with Crippen LogP contribution in [-0.4, -0.2) is 16.1 Å². The first-order valence-electron chi connectivity index (χ1n) is 5.31. The van der Waals surface area contributed by atoms with E-state index in [0.29, 0.717) is 5.92 Å². The molecule has 1 aromatic rings. The molecule has 0 atom stereocenters. The third-order valence-corrected chi connectivity index (χ3v) is 3.92. The summed E-state index contributed by atoms with van der Waals surface area (Å²) in [4.78, 5) is 15.3. The zero-order valence-corrected chi connectivity index (χ0v) is 9.59. The zero-order chi connectivity index (χ0) is 10.8. The van der Waals surface area contributed by atoms with Gasteiger partial charge in [-0.25, -0.2) is 4.98 Å². The summed E-state index contributed by atoms with van der Waals surface area (Å²) >= 11 is 1.68. The SMILES string of the molecule is Cc1nc(C2CCC(C(=O)O)CC2)cs1. The van der Waals surface area contributed by atoms with Gasteiger partial charge in [-0.05, 0) is 32.6 Å². The highest BCUT2D eigenvalue weighted by Gasteiger charge is 2.27. The molecule has 0 saturated heterocycles. The molecule has 2 rings (SSSR count). The molecule has 1 N–H and O–H groups in total. The summed E-state index contributed by atoms with van der Waals surface area (Å²) in [6.45, 7) is 2.01. The number of hydrogen-bond donors (Lipinski definition) is 1. The van der Waals surface area contributed by atoms with Gasteiger partial charge in [0.15, 0.2) is 0 Å². The lowest BCUT2D eigenvalue weighted by Gasteiger charge is -2.24. The molecule has 1 aromatic heterocycles. The molecule has 0 radical (unpaired) electrons. The van der Waals surface area contributed by atoms with E-state index in [9.17, 15) is 4.79 Å². The third-order valence-electron chi connectivity index (χ3n) is 3.13. The molecular weight excluding hydrogens is 210 g/mol. The Balaban J connectivity index is 1.96. The van der Waals surface area contributed by atoms with Gasteiger partial charge >= 0.3 is 5.97 Å². The lowest BCUT2D eigenvalue weighted by Crippen LogP contribution is -2.20. The normalized spacial score (nSPS) is 26.5. The number of nitrogens with zero attached hydrogens (tertiary/aromatic N) is 1. The molecule has 1 aliphatic rings. The van der Waals surface area contributed by atoms with Crippen LogP contribution in [-0.2, 0) is 4.79 Å². The lowest BCUT2D eigenvalue weighted by atomic mass is 9.81. The van der Waals surface area contributed by atoms with Gasteiger partial charge in [0.1, 0.15) is 0 Å². The highest BCUT2D eigenvalue weighted by atomic mass is 32.1. The van der Waals surface area contributed by atoms with Crippen LogP contribution in [0.3, 0.4) is 0 Å². The minimum absolute atomic E-state index is 0.124. The summed E-state index contributed by atoms with van der Waals surface area (Å²) in [6, 6.07) is 0. The van der Waals surface area contributed by atoms with Crippen molar-refractivity contribution in [2.24, 2.45) is 5.92 Å². The summed E-state index contributed by atoms with van der Waals surface area (Å²) in [5.41, 5.74) is 1.17. The average molecular weight is 225 g/mol. The summed E-state index contributed by atoms with van der Waals surface area (Å²) in [5, 5.41) is 12.1. The Hall–Kier alpha value is -0.900. The van der Waals surface area contributed by atoms with Gasteiger partial charge in [-0.3, -0.25) is 4.79 Å². The number of carbonyl (C=O) groups is 1. The largest absolute Gasteiger partial charge is 0.481 e. The maximum Gasteiger partial charge on any atom is 0.306 e. The maximum absolute atomic E-state index is 10.8. The van der Waals surface area contributed by atoms with E-state index < -0.39 is 5.97 Å². The summed E-state index contributed by atoms with van der Waals surface area (Å²) in [7, 11) is 0. The Bertz CT molecular complexity index is 353. The molecule has 0 spiro atoms. The molecule has 4 heteroatoms. The van der Waals surface area contributed by atoms with E-state index in [1.54, 1.807) is 11.3 Å². The molecule has 0 amide bonds. The van der Waals surface area contributed by atoms with Crippen molar-refractivity contribution in [1.82, 2.24) is 4.98 Å². The van der Waals surface area contributed by atoms with Crippen LogP contribution < -0.4 is 0 Å². The van der Waals surface area contributed by atoms with E-state index >= 15 is 0 Å². The Kier molecular flexibility index (Phi) is 3.05. The van der Waals surface area contributed by atoms with Gasteiger partial charge in [0, 0.05) is 11.3 Å². The molecule has 82 valence electrons. The number of aromatic nitrogens is 1. The zero-order valence-electron chi connectivity index (χ0n) is 8.77. The molecule has 0 aromatic carbocycles. The van der Waals surface area contributed by atoms with Crippen LogP contribution >= 0.6 is 11.3 Å². The fourth-order valence-corrected chi connectivity index (χ4v) is 2.90. The van der Waals surface area contributed by atoms with E-state index in [2.05, 4.69) is 10.4 Å². The van der Waals surface area contributed by atoms with E-state index in [4.69, 9.17) is 5.11 Å². The van der Waals surface area contributed by atoms with Crippen LogP contribution in [0.1, 0.15) is 42.3 Å². The van der Waals surface area contributed by atoms with E-state index in [1.807, 2.05) is 6.92 Å². The molecule has 0 unspecified atom stereocenters. The molecule has 1 heterocycles. The van der Waals surface area contributed by atoms with Crippen molar-refractivity contribution in [1.29, 1.82) is 0 Å². The molecule has 3 nitrogen and oxygen atoms in total. The highest BCUT2D eigenvalue weighted by Crippen LogP contribution is 2.35. The minimum atomic E-state index is -0.636. The third kappa shape index (κ3) is 2.37. The van der Waals surface area contributed by atoms with Gasteiger partial charge in [-0.15, -0.1) is 11.3 Å². The van der Waals surface area contributed by atoms with E-state index in [-0.39, 0.29) is 5.92 Å². The lowest BCUT2D eigenvalue weighted by molar-refractivity contribution is -0.142. The molecule has 1 fully saturated rings.